The van der Waals surface area contributed by atoms with Gasteiger partial charge in [-0.2, -0.15) is 0 Å². The van der Waals surface area contributed by atoms with Crippen LogP contribution in [0, 0.1) is 6.92 Å². The Morgan fingerprint density at radius 3 is 2.85 bits per heavy atom. The molecule has 0 saturated carbocycles. The van der Waals surface area contributed by atoms with Gasteiger partial charge in [-0.25, -0.2) is 5.43 Å². The Bertz CT molecular complexity index is 706. The summed E-state index contributed by atoms with van der Waals surface area (Å²) in [6, 6.07) is 13.9. The normalized spacial score (nSPS) is 12.7. The Morgan fingerprint density at radius 2 is 2.15 bits per heavy atom. The number of nitrogens with zero attached hydrogens (tertiary/aromatic N) is 1. The summed E-state index contributed by atoms with van der Waals surface area (Å²) in [7, 11) is 0. The maximum Gasteiger partial charge on any atom is 0.137 e. The summed E-state index contributed by atoms with van der Waals surface area (Å²) in [5.41, 5.74) is 5.84. The minimum absolute atomic E-state index is 0.0864. The van der Waals surface area contributed by atoms with Gasteiger partial charge in [-0.1, -0.05) is 24.3 Å². The minimum atomic E-state index is -0.0864. The molecule has 0 aliphatic heterocycles. The fraction of sp³-hybridized carbons (Fsp3) is 0.188. The Morgan fingerprint density at radius 1 is 1.25 bits per heavy atom. The number of hydrogen-bond donors (Lipinski definition) is 2. The van der Waals surface area contributed by atoms with E-state index in [2.05, 4.69) is 10.4 Å². The highest BCUT2D eigenvalue weighted by Crippen LogP contribution is 2.27. The summed E-state index contributed by atoms with van der Waals surface area (Å²) < 4.78 is 5.95. The van der Waals surface area contributed by atoms with Crippen LogP contribution in [-0.4, -0.2) is 4.98 Å². The van der Waals surface area contributed by atoms with Crippen LogP contribution in [0.25, 0.3) is 11.0 Å². The molecule has 1 unspecified atom stereocenters. The monoisotopic (exact) mass is 267 g/mol. The number of aromatic nitrogens is 1. The first-order valence-electron chi connectivity index (χ1n) is 6.63. The largest absolute Gasteiger partial charge is 0.459 e. The predicted octanol–water partition coefficient (Wildman–Crippen LogP) is 2.88. The number of aryl methyl sites for hydroxylation is 1. The van der Waals surface area contributed by atoms with E-state index in [1.54, 1.807) is 6.20 Å². The Balaban J connectivity index is 1.93. The number of benzene rings is 1. The number of hydrazine groups is 1. The average Bonchev–Trinajstić information content (AvgIpc) is 2.91. The first-order valence-corrected chi connectivity index (χ1v) is 6.63. The molecule has 0 fully saturated rings. The lowest BCUT2D eigenvalue weighted by molar-refractivity contribution is 0.431. The van der Waals surface area contributed by atoms with Crippen molar-refractivity contribution in [3.8, 4) is 0 Å². The van der Waals surface area contributed by atoms with E-state index in [1.807, 2.05) is 49.4 Å². The van der Waals surface area contributed by atoms with Gasteiger partial charge >= 0.3 is 0 Å². The van der Waals surface area contributed by atoms with Gasteiger partial charge in [0.2, 0.25) is 0 Å². The van der Waals surface area contributed by atoms with Gasteiger partial charge in [0, 0.05) is 23.7 Å². The molecule has 1 atom stereocenters. The van der Waals surface area contributed by atoms with Crippen molar-refractivity contribution in [2.24, 2.45) is 5.84 Å². The molecule has 4 heteroatoms. The van der Waals surface area contributed by atoms with Crippen molar-refractivity contribution in [1.82, 2.24) is 10.4 Å². The second-order valence-electron chi connectivity index (χ2n) is 4.89. The number of nitrogens with one attached hydrogen (secondary N) is 1. The van der Waals surface area contributed by atoms with Crippen molar-refractivity contribution in [2.75, 3.05) is 0 Å². The van der Waals surface area contributed by atoms with Gasteiger partial charge < -0.3 is 4.42 Å². The van der Waals surface area contributed by atoms with Gasteiger partial charge in [0.25, 0.3) is 0 Å². The molecular formula is C16H17N3O. The number of hydrogen-bond acceptors (Lipinski definition) is 4. The van der Waals surface area contributed by atoms with Crippen molar-refractivity contribution in [3.63, 3.8) is 0 Å². The predicted molar refractivity (Wildman–Crippen MR) is 79.0 cm³/mol. The third-order valence-electron chi connectivity index (χ3n) is 3.44. The molecule has 2 aromatic heterocycles. The molecule has 0 spiro atoms. The van der Waals surface area contributed by atoms with Crippen molar-refractivity contribution >= 4 is 11.0 Å². The number of fused-ring (bicyclic) bond motifs is 1. The van der Waals surface area contributed by atoms with Crippen LogP contribution in [0.2, 0.25) is 0 Å². The third kappa shape index (κ3) is 2.43. The summed E-state index contributed by atoms with van der Waals surface area (Å²) in [4.78, 5) is 4.33. The van der Waals surface area contributed by atoms with Crippen LogP contribution in [0.3, 0.4) is 0 Å². The lowest BCUT2D eigenvalue weighted by atomic mass is 10.1. The van der Waals surface area contributed by atoms with Crippen LogP contribution < -0.4 is 11.3 Å². The van der Waals surface area contributed by atoms with Crippen LogP contribution in [0.15, 0.2) is 53.1 Å². The van der Waals surface area contributed by atoms with E-state index in [9.17, 15) is 0 Å². The topological polar surface area (TPSA) is 64.1 Å². The van der Waals surface area contributed by atoms with E-state index in [1.165, 1.54) is 0 Å². The number of furan rings is 1. The smallest absolute Gasteiger partial charge is 0.137 e. The molecule has 102 valence electrons. The lowest BCUT2D eigenvalue weighted by Gasteiger charge is -2.12. The minimum Gasteiger partial charge on any atom is -0.459 e. The third-order valence-corrected chi connectivity index (χ3v) is 3.44. The Hall–Kier alpha value is -2.17. The van der Waals surface area contributed by atoms with Crippen LogP contribution in [0.1, 0.15) is 23.1 Å². The van der Waals surface area contributed by atoms with E-state index >= 15 is 0 Å². The van der Waals surface area contributed by atoms with Crippen molar-refractivity contribution < 1.29 is 4.42 Å². The summed E-state index contributed by atoms with van der Waals surface area (Å²) >= 11 is 0. The highest BCUT2D eigenvalue weighted by molar-refractivity contribution is 5.81. The molecule has 3 aromatic rings. The Labute approximate surface area is 117 Å². The molecule has 0 radical (unpaired) electrons. The summed E-state index contributed by atoms with van der Waals surface area (Å²) in [5, 5.41) is 1.10. The molecular weight excluding hydrogens is 250 g/mol. The number of nitrogens with two attached hydrogens (primary N) is 1. The molecule has 4 nitrogen and oxygen atoms in total. The van der Waals surface area contributed by atoms with Crippen molar-refractivity contribution in [3.05, 3.63) is 65.7 Å². The van der Waals surface area contributed by atoms with Crippen LogP contribution in [0.4, 0.5) is 0 Å². The first-order chi connectivity index (χ1) is 9.78. The highest BCUT2D eigenvalue weighted by Gasteiger charge is 2.16. The zero-order valence-electron chi connectivity index (χ0n) is 11.3. The highest BCUT2D eigenvalue weighted by atomic mass is 16.3. The summed E-state index contributed by atoms with van der Waals surface area (Å²) in [6.45, 7) is 2.04. The maximum atomic E-state index is 5.95. The van der Waals surface area contributed by atoms with Gasteiger partial charge in [-0.05, 0) is 30.7 Å². The van der Waals surface area contributed by atoms with E-state index in [0.717, 1.165) is 28.0 Å². The van der Waals surface area contributed by atoms with Crippen LogP contribution in [-0.2, 0) is 6.42 Å². The van der Waals surface area contributed by atoms with E-state index < -0.39 is 0 Å². The summed E-state index contributed by atoms with van der Waals surface area (Å²) in [5.74, 6) is 6.51. The number of pyridine rings is 1. The van der Waals surface area contributed by atoms with E-state index in [0.29, 0.717) is 6.42 Å². The second-order valence-corrected chi connectivity index (χ2v) is 4.89. The van der Waals surface area contributed by atoms with Crippen LogP contribution >= 0.6 is 0 Å². The standard InChI is InChI=1S/C16H17N3O/c1-11-5-4-6-12-9-15(20-16(11)12)14(19-17)10-13-7-2-3-8-18-13/h2-9,14,19H,10,17H2,1H3. The fourth-order valence-electron chi connectivity index (χ4n) is 2.37. The second kappa shape index (κ2) is 5.45. The molecule has 3 rings (SSSR count). The van der Waals surface area contributed by atoms with Crippen molar-refractivity contribution in [2.45, 2.75) is 19.4 Å². The first kappa shape index (κ1) is 12.8. The fourth-order valence-corrected chi connectivity index (χ4v) is 2.37. The van der Waals surface area contributed by atoms with Gasteiger partial charge in [0.1, 0.15) is 11.3 Å². The lowest BCUT2D eigenvalue weighted by Crippen LogP contribution is -2.29. The molecule has 3 N–H and O–H groups in total. The molecule has 0 aliphatic rings. The SMILES string of the molecule is Cc1cccc2cc(C(Cc3ccccn3)NN)oc12. The van der Waals surface area contributed by atoms with Crippen molar-refractivity contribution in [1.29, 1.82) is 0 Å². The van der Waals surface area contributed by atoms with E-state index in [4.69, 9.17) is 10.3 Å². The molecule has 0 aliphatic carbocycles. The summed E-state index contributed by atoms with van der Waals surface area (Å²) in [6.07, 6.45) is 2.47. The van der Waals surface area contributed by atoms with Gasteiger partial charge in [0.15, 0.2) is 0 Å². The van der Waals surface area contributed by atoms with E-state index in [-0.39, 0.29) is 6.04 Å². The zero-order chi connectivity index (χ0) is 13.9. The molecule has 20 heavy (non-hydrogen) atoms. The molecule has 1 aromatic carbocycles. The number of para-hydroxylation sites is 1. The average molecular weight is 267 g/mol. The molecule has 0 bridgehead atoms. The maximum absolute atomic E-state index is 5.95. The quantitative estimate of drug-likeness (QED) is 0.563. The number of rotatable bonds is 4. The molecule has 2 heterocycles. The van der Waals surface area contributed by atoms with Gasteiger partial charge in [-0.15, -0.1) is 0 Å². The molecule has 0 amide bonds. The van der Waals surface area contributed by atoms with Gasteiger partial charge in [-0.3, -0.25) is 10.8 Å². The van der Waals surface area contributed by atoms with Gasteiger partial charge in [0.05, 0.1) is 6.04 Å². The zero-order valence-corrected chi connectivity index (χ0v) is 11.3. The Kier molecular flexibility index (Phi) is 3.50. The van der Waals surface area contributed by atoms with Crippen LogP contribution in [0.5, 0.6) is 0 Å². The molecule has 0 saturated heterocycles.